The van der Waals surface area contributed by atoms with Crippen molar-refractivity contribution < 1.29 is 17.9 Å². The van der Waals surface area contributed by atoms with Gasteiger partial charge in [-0.1, -0.05) is 12.8 Å². The van der Waals surface area contributed by atoms with E-state index in [-0.39, 0.29) is 16.2 Å². The Morgan fingerprint density at radius 3 is 2.48 bits per heavy atom. The van der Waals surface area contributed by atoms with Gasteiger partial charge in [0.1, 0.15) is 10.6 Å². The molecule has 0 spiro atoms. The van der Waals surface area contributed by atoms with Gasteiger partial charge in [0.2, 0.25) is 10.0 Å². The van der Waals surface area contributed by atoms with Crippen molar-refractivity contribution in [2.45, 2.75) is 30.6 Å². The number of hydrogen-bond acceptors (Lipinski definition) is 5. The Bertz CT molecular complexity index is 984. The lowest BCUT2D eigenvalue weighted by Gasteiger charge is -2.21. The third-order valence-electron chi connectivity index (χ3n) is 4.55. The van der Waals surface area contributed by atoms with Crippen molar-refractivity contribution >= 4 is 27.3 Å². The minimum atomic E-state index is -3.74. The first-order valence-corrected chi connectivity index (χ1v) is 11.1. The zero-order chi connectivity index (χ0) is 19.4. The minimum Gasteiger partial charge on any atom is -0.495 e. The molecule has 1 aliphatic rings. The Hall–Kier alpha value is -1.97. The molecule has 146 valence electrons. The molecule has 0 bridgehead atoms. The Morgan fingerprint density at radius 1 is 1.19 bits per heavy atom. The zero-order valence-electron chi connectivity index (χ0n) is 15.4. The van der Waals surface area contributed by atoms with Gasteiger partial charge in [0, 0.05) is 37.3 Å². The van der Waals surface area contributed by atoms with Crippen LogP contribution in [0.4, 0.5) is 0 Å². The van der Waals surface area contributed by atoms with Crippen LogP contribution in [0.3, 0.4) is 0 Å². The third-order valence-corrected chi connectivity index (χ3v) is 7.32. The fourth-order valence-corrected chi connectivity index (χ4v) is 5.45. The number of rotatable bonds is 4. The minimum absolute atomic E-state index is 0.0171. The quantitative estimate of drug-likeness (QED) is 0.777. The molecule has 7 nitrogen and oxygen atoms in total. The summed E-state index contributed by atoms with van der Waals surface area (Å²) in [7, 11) is -0.520. The van der Waals surface area contributed by atoms with Gasteiger partial charge in [-0.05, 0) is 31.0 Å². The van der Waals surface area contributed by atoms with Gasteiger partial charge in [0.15, 0.2) is 4.80 Å². The molecule has 27 heavy (non-hydrogen) atoms. The molecule has 1 aromatic carbocycles. The average Bonchev–Trinajstić information content (AvgIpc) is 2.90. The molecule has 9 heteroatoms. The molecule has 0 N–H and O–H groups in total. The number of thiazole rings is 1. The zero-order valence-corrected chi connectivity index (χ0v) is 17.1. The number of carbonyl (C=O) groups is 1. The molecule has 2 aromatic rings. The van der Waals surface area contributed by atoms with Crippen molar-refractivity contribution in [3.05, 3.63) is 40.1 Å². The Morgan fingerprint density at radius 2 is 1.89 bits per heavy atom. The van der Waals surface area contributed by atoms with Gasteiger partial charge in [0.05, 0.1) is 7.11 Å². The second kappa shape index (κ2) is 8.37. The molecular weight excluding hydrogens is 386 g/mol. The maximum Gasteiger partial charge on any atom is 0.279 e. The Balaban J connectivity index is 2.01. The first-order valence-electron chi connectivity index (χ1n) is 8.81. The van der Waals surface area contributed by atoms with Crippen LogP contribution in [-0.4, -0.2) is 43.4 Å². The van der Waals surface area contributed by atoms with Gasteiger partial charge in [-0.25, -0.2) is 8.42 Å². The summed E-state index contributed by atoms with van der Waals surface area (Å²) < 4.78 is 34.8. The van der Waals surface area contributed by atoms with Crippen molar-refractivity contribution in [2.24, 2.45) is 12.0 Å². The van der Waals surface area contributed by atoms with E-state index in [4.69, 9.17) is 4.74 Å². The molecule has 0 unspecified atom stereocenters. The lowest BCUT2D eigenvalue weighted by molar-refractivity contribution is 0.0997. The predicted octanol–water partition coefficient (Wildman–Crippen LogP) is 2.40. The molecule has 0 saturated carbocycles. The summed E-state index contributed by atoms with van der Waals surface area (Å²) in [6.45, 7) is 0.970. The number of carbonyl (C=O) groups excluding carboxylic acids is 1. The van der Waals surface area contributed by atoms with E-state index in [2.05, 4.69) is 4.99 Å². The maximum atomic E-state index is 13.2. The highest BCUT2D eigenvalue weighted by Gasteiger charge is 2.29. The van der Waals surface area contributed by atoms with Crippen molar-refractivity contribution in [1.29, 1.82) is 0 Å². The van der Waals surface area contributed by atoms with Crippen LogP contribution < -0.4 is 9.54 Å². The molecule has 0 radical (unpaired) electrons. The SMILES string of the molecule is COc1ccc(C(=O)N=c2sccn2C)cc1S(=O)(=O)N1CCCCCC1. The van der Waals surface area contributed by atoms with Crippen molar-refractivity contribution in [3.63, 3.8) is 0 Å². The maximum absolute atomic E-state index is 13.2. The number of aromatic nitrogens is 1. The van der Waals surface area contributed by atoms with E-state index in [1.54, 1.807) is 23.9 Å². The van der Waals surface area contributed by atoms with Crippen LogP contribution in [0.1, 0.15) is 36.0 Å². The third kappa shape index (κ3) is 4.31. The number of nitrogens with zero attached hydrogens (tertiary/aromatic N) is 3. The van der Waals surface area contributed by atoms with Crippen LogP contribution in [0.2, 0.25) is 0 Å². The Kier molecular flexibility index (Phi) is 6.13. The summed E-state index contributed by atoms with van der Waals surface area (Å²) in [6, 6.07) is 4.43. The summed E-state index contributed by atoms with van der Waals surface area (Å²) in [5.74, 6) is -0.250. The molecule has 0 atom stereocenters. The summed E-state index contributed by atoms with van der Waals surface area (Å²) in [5.41, 5.74) is 0.220. The smallest absolute Gasteiger partial charge is 0.279 e. The molecule has 1 fully saturated rings. The van der Waals surface area contributed by atoms with E-state index in [1.807, 2.05) is 5.38 Å². The van der Waals surface area contributed by atoms with E-state index < -0.39 is 15.9 Å². The van der Waals surface area contributed by atoms with Crippen LogP contribution >= 0.6 is 11.3 Å². The van der Waals surface area contributed by atoms with E-state index in [0.29, 0.717) is 17.9 Å². The topological polar surface area (TPSA) is 81.0 Å². The molecule has 2 heterocycles. The number of methoxy groups -OCH3 is 1. The molecule has 3 rings (SSSR count). The summed E-state index contributed by atoms with van der Waals surface area (Å²) in [4.78, 5) is 17.2. The molecular formula is C18H23N3O4S2. The van der Waals surface area contributed by atoms with E-state index in [1.165, 1.54) is 34.9 Å². The number of sulfonamides is 1. The highest BCUT2D eigenvalue weighted by Crippen LogP contribution is 2.29. The predicted molar refractivity (Wildman–Crippen MR) is 103 cm³/mol. The number of ether oxygens (including phenoxy) is 1. The van der Waals surface area contributed by atoms with Gasteiger partial charge < -0.3 is 9.30 Å². The van der Waals surface area contributed by atoms with Crippen molar-refractivity contribution in [2.75, 3.05) is 20.2 Å². The van der Waals surface area contributed by atoms with Gasteiger partial charge in [0.25, 0.3) is 5.91 Å². The van der Waals surface area contributed by atoms with Crippen molar-refractivity contribution in [1.82, 2.24) is 8.87 Å². The summed E-state index contributed by atoms with van der Waals surface area (Å²) in [6.07, 6.45) is 5.53. The van der Waals surface area contributed by atoms with E-state index in [9.17, 15) is 13.2 Å². The molecule has 1 aliphatic heterocycles. The monoisotopic (exact) mass is 409 g/mol. The standard InChI is InChI=1S/C18H23N3O4S2/c1-20-11-12-26-18(20)19-17(22)14-7-8-15(25-2)16(13-14)27(23,24)21-9-5-3-4-6-10-21/h7-8,11-13H,3-6,9-10H2,1-2H3. The number of hydrogen-bond donors (Lipinski definition) is 0. The lowest BCUT2D eigenvalue weighted by atomic mass is 10.2. The van der Waals surface area contributed by atoms with Gasteiger partial charge in [-0.2, -0.15) is 9.30 Å². The first-order chi connectivity index (χ1) is 12.9. The first kappa shape index (κ1) is 19.8. The van der Waals surface area contributed by atoms with Crippen LogP contribution in [0, 0.1) is 0 Å². The van der Waals surface area contributed by atoms with E-state index in [0.717, 1.165) is 25.7 Å². The normalized spacial score (nSPS) is 16.9. The number of amides is 1. The fourth-order valence-electron chi connectivity index (χ4n) is 3.02. The van der Waals surface area contributed by atoms with Gasteiger partial charge in [-0.15, -0.1) is 11.3 Å². The van der Waals surface area contributed by atoms with Crippen LogP contribution in [0.25, 0.3) is 0 Å². The van der Waals surface area contributed by atoms with Crippen LogP contribution in [0.15, 0.2) is 39.7 Å². The van der Waals surface area contributed by atoms with Gasteiger partial charge >= 0.3 is 0 Å². The highest BCUT2D eigenvalue weighted by molar-refractivity contribution is 7.89. The Labute approximate surface area is 163 Å². The number of aryl methyl sites for hydroxylation is 1. The van der Waals surface area contributed by atoms with Crippen molar-refractivity contribution in [3.8, 4) is 5.75 Å². The fraction of sp³-hybridized carbons (Fsp3) is 0.444. The number of benzene rings is 1. The van der Waals surface area contributed by atoms with E-state index >= 15 is 0 Å². The van der Waals surface area contributed by atoms with Gasteiger partial charge in [-0.3, -0.25) is 4.79 Å². The average molecular weight is 410 g/mol. The molecule has 1 aromatic heterocycles. The summed E-state index contributed by atoms with van der Waals surface area (Å²) >= 11 is 1.34. The molecule has 1 saturated heterocycles. The highest BCUT2D eigenvalue weighted by atomic mass is 32.2. The second-order valence-corrected chi connectivity index (χ2v) is 9.18. The molecule has 1 amide bonds. The second-order valence-electron chi connectivity index (χ2n) is 6.40. The van der Waals surface area contributed by atoms with Crippen LogP contribution in [-0.2, 0) is 17.1 Å². The molecule has 0 aliphatic carbocycles. The summed E-state index contributed by atoms with van der Waals surface area (Å²) in [5, 5.41) is 1.83. The largest absolute Gasteiger partial charge is 0.495 e. The lowest BCUT2D eigenvalue weighted by Crippen LogP contribution is -2.32. The van der Waals surface area contributed by atoms with Crippen LogP contribution in [0.5, 0.6) is 5.75 Å².